The van der Waals surface area contributed by atoms with E-state index in [0.717, 1.165) is 109 Å². The standard InChI is InChI=1S/C40H55Cl2N13O3/c41-28-4-1-26(2-5-28)17-32-24-57-34(22-55(32)30-9-13-52(14-10-30)40-46-38(44)48-50-40)25-58-36-19-27(3-6-35(36)42)18-31-20-53-15-16-56-23-33(53)21-54(31)29-7-11-51(12-8-29)39-45-37(43)47-49-39/h1-6,19,29-34H,7-18,20-25H2,(H3,43,45,47,49)(H3,44,46,48,50)/t31-,32-,33+,34+/m0/s1. The number of hydrogen-bond donors (Lipinski definition) is 4. The second-order valence-electron chi connectivity index (χ2n) is 16.5. The molecule has 0 unspecified atom stereocenters. The van der Waals surface area contributed by atoms with Gasteiger partial charge in [0.15, 0.2) is 0 Å². The van der Waals surface area contributed by atoms with Gasteiger partial charge in [-0.25, -0.2) is 10.2 Å². The number of piperazine rings is 1. The van der Waals surface area contributed by atoms with Crippen LogP contribution in [0.2, 0.25) is 10.0 Å². The number of nitrogen functional groups attached to an aromatic ring is 2. The minimum atomic E-state index is -0.0990. The summed E-state index contributed by atoms with van der Waals surface area (Å²) >= 11 is 13.1. The second-order valence-corrected chi connectivity index (χ2v) is 17.3. The van der Waals surface area contributed by atoms with Crippen molar-refractivity contribution in [3.8, 4) is 5.75 Å². The summed E-state index contributed by atoms with van der Waals surface area (Å²) in [5.41, 5.74) is 14.1. The zero-order valence-electron chi connectivity index (χ0n) is 32.9. The van der Waals surface area contributed by atoms with Gasteiger partial charge in [-0.15, -0.1) is 10.2 Å². The molecule has 0 bridgehead atoms. The Bertz CT molecular complexity index is 1950. The third kappa shape index (κ3) is 9.13. The van der Waals surface area contributed by atoms with E-state index in [4.69, 9.17) is 48.9 Å². The van der Waals surface area contributed by atoms with Crippen molar-refractivity contribution in [3.05, 3.63) is 63.6 Å². The predicted molar refractivity (Wildman–Crippen MR) is 225 cm³/mol. The number of morpholine rings is 2. The fourth-order valence-electron chi connectivity index (χ4n) is 9.74. The van der Waals surface area contributed by atoms with Crippen molar-refractivity contribution < 1.29 is 14.2 Å². The van der Waals surface area contributed by atoms with Crippen molar-refractivity contribution in [2.75, 3.05) is 100 Å². The number of nitrogens with zero attached hydrogens (tertiary/aromatic N) is 9. The fourth-order valence-corrected chi connectivity index (χ4v) is 10.0. The number of rotatable bonds is 11. The molecule has 312 valence electrons. The summed E-state index contributed by atoms with van der Waals surface area (Å²) in [5, 5.41) is 15.5. The lowest BCUT2D eigenvalue weighted by Gasteiger charge is -2.52. The number of hydrogen-bond acceptors (Lipinski definition) is 14. The first-order valence-electron chi connectivity index (χ1n) is 20.8. The number of H-pyrrole nitrogens is 2. The molecule has 0 radical (unpaired) electrons. The molecular weight excluding hydrogens is 781 g/mol. The number of ether oxygens (including phenoxy) is 3. The summed E-state index contributed by atoms with van der Waals surface area (Å²) in [6, 6.07) is 16.3. The van der Waals surface area contributed by atoms with E-state index in [-0.39, 0.29) is 12.1 Å². The van der Waals surface area contributed by atoms with E-state index in [9.17, 15) is 0 Å². The van der Waals surface area contributed by atoms with Crippen LogP contribution in [0.5, 0.6) is 5.75 Å². The van der Waals surface area contributed by atoms with E-state index in [1.54, 1.807) is 0 Å². The summed E-state index contributed by atoms with van der Waals surface area (Å²) in [7, 11) is 0. The molecule has 4 atom stereocenters. The molecule has 58 heavy (non-hydrogen) atoms. The molecule has 9 rings (SSSR count). The number of benzene rings is 2. The van der Waals surface area contributed by atoms with Crippen LogP contribution in [-0.2, 0) is 22.3 Å². The van der Waals surface area contributed by atoms with Crippen molar-refractivity contribution in [3.63, 3.8) is 0 Å². The van der Waals surface area contributed by atoms with Crippen molar-refractivity contribution >= 4 is 47.0 Å². The van der Waals surface area contributed by atoms with E-state index in [1.807, 2.05) is 18.2 Å². The van der Waals surface area contributed by atoms with E-state index < -0.39 is 0 Å². The molecule has 5 saturated heterocycles. The minimum absolute atomic E-state index is 0.0990. The van der Waals surface area contributed by atoms with Gasteiger partial charge in [0.2, 0.25) is 23.8 Å². The summed E-state index contributed by atoms with van der Waals surface area (Å²) in [4.78, 5) is 21.2. The third-order valence-corrected chi connectivity index (χ3v) is 13.3. The van der Waals surface area contributed by atoms with E-state index in [1.165, 1.54) is 11.1 Å². The number of fused-ring (bicyclic) bond motifs is 1. The lowest BCUT2D eigenvalue weighted by molar-refractivity contribution is -0.0946. The highest BCUT2D eigenvalue weighted by molar-refractivity contribution is 6.32. The number of anilines is 4. The smallest absolute Gasteiger partial charge is 0.246 e. The molecular formula is C40H55Cl2N13O3. The number of halogens is 2. The maximum atomic E-state index is 6.84. The Morgan fingerprint density at radius 3 is 1.97 bits per heavy atom. The van der Waals surface area contributed by atoms with E-state index in [2.05, 4.69) is 79.1 Å². The monoisotopic (exact) mass is 835 g/mol. The number of nitrogens with two attached hydrogens (primary N) is 2. The number of aromatic amines is 2. The quantitative estimate of drug-likeness (QED) is 0.173. The van der Waals surface area contributed by atoms with E-state index in [0.29, 0.717) is 71.9 Å². The highest BCUT2D eigenvalue weighted by atomic mass is 35.5. The summed E-state index contributed by atoms with van der Waals surface area (Å²) in [6.07, 6.45) is 5.77. The minimum Gasteiger partial charge on any atom is -0.489 e. The molecule has 0 spiro atoms. The fraction of sp³-hybridized carbons (Fsp3) is 0.600. The Hall–Kier alpha value is -3.90. The summed E-state index contributed by atoms with van der Waals surface area (Å²) in [5.74, 6) is 2.76. The van der Waals surface area contributed by atoms with Gasteiger partial charge in [0.1, 0.15) is 18.5 Å². The molecule has 18 heteroatoms. The first-order valence-corrected chi connectivity index (χ1v) is 21.5. The Kier molecular flexibility index (Phi) is 12.1. The van der Waals surface area contributed by atoms with Crippen LogP contribution >= 0.6 is 23.2 Å². The van der Waals surface area contributed by atoms with Crippen LogP contribution in [0.25, 0.3) is 0 Å². The number of nitrogens with one attached hydrogen (secondary N) is 2. The molecule has 2 aromatic heterocycles. The molecule has 5 aliphatic heterocycles. The molecule has 16 nitrogen and oxygen atoms in total. The van der Waals surface area contributed by atoms with Crippen LogP contribution in [0.3, 0.4) is 0 Å². The maximum Gasteiger partial charge on any atom is 0.246 e. The number of piperidine rings is 2. The molecule has 2 aromatic carbocycles. The van der Waals surface area contributed by atoms with Crippen LogP contribution in [0.15, 0.2) is 42.5 Å². The lowest BCUT2D eigenvalue weighted by Crippen LogP contribution is -2.65. The third-order valence-electron chi connectivity index (χ3n) is 12.8. The largest absolute Gasteiger partial charge is 0.489 e. The van der Waals surface area contributed by atoms with Gasteiger partial charge in [-0.3, -0.25) is 14.7 Å². The SMILES string of the molecule is Nc1nc(N2CCC(N3C[C@H](COc4cc(C[C@H]5CN6CCOC[C@H]6CN5C5CCN(c6n[nH]c(N)n6)CC5)ccc4Cl)OC[C@@H]3Cc3ccc(Cl)cc3)CC2)n[nH]1. The summed E-state index contributed by atoms with van der Waals surface area (Å²) in [6.45, 7) is 9.89. The van der Waals surface area contributed by atoms with Gasteiger partial charge in [0, 0.05) is 87.6 Å². The van der Waals surface area contributed by atoms with Gasteiger partial charge in [-0.2, -0.15) is 9.97 Å². The average molecular weight is 837 g/mol. The molecule has 0 saturated carbocycles. The van der Waals surface area contributed by atoms with Crippen LogP contribution in [0.1, 0.15) is 36.8 Å². The van der Waals surface area contributed by atoms with Crippen LogP contribution in [-0.4, -0.2) is 160 Å². The molecule has 5 fully saturated rings. The molecule has 0 aliphatic carbocycles. The predicted octanol–water partition coefficient (Wildman–Crippen LogP) is 3.35. The molecule has 7 heterocycles. The van der Waals surface area contributed by atoms with Gasteiger partial charge in [-0.05, 0) is 73.9 Å². The van der Waals surface area contributed by atoms with Gasteiger partial charge in [0.05, 0.1) is 24.8 Å². The topological polar surface area (TPSA) is 179 Å². The van der Waals surface area contributed by atoms with Gasteiger partial charge >= 0.3 is 0 Å². The average Bonchev–Trinajstić information content (AvgIpc) is 3.90. The van der Waals surface area contributed by atoms with Gasteiger partial charge in [0.25, 0.3) is 0 Å². The molecule has 6 N–H and O–H groups in total. The highest BCUT2D eigenvalue weighted by Gasteiger charge is 2.40. The molecule has 5 aliphatic rings. The van der Waals surface area contributed by atoms with Crippen molar-refractivity contribution in [1.29, 1.82) is 0 Å². The zero-order valence-corrected chi connectivity index (χ0v) is 34.4. The zero-order chi connectivity index (χ0) is 39.6. The van der Waals surface area contributed by atoms with Gasteiger partial charge in [-0.1, -0.05) is 41.4 Å². The van der Waals surface area contributed by atoms with Crippen molar-refractivity contribution in [2.45, 2.75) is 74.8 Å². The Labute approximate surface area is 349 Å². The number of aromatic nitrogens is 6. The molecule has 0 amide bonds. The Morgan fingerprint density at radius 2 is 1.33 bits per heavy atom. The van der Waals surface area contributed by atoms with Crippen LogP contribution in [0, 0.1) is 0 Å². The van der Waals surface area contributed by atoms with Crippen molar-refractivity contribution in [2.24, 2.45) is 0 Å². The Balaban J connectivity index is 0.852. The van der Waals surface area contributed by atoms with Crippen LogP contribution < -0.4 is 26.0 Å². The Morgan fingerprint density at radius 1 is 0.707 bits per heavy atom. The first-order chi connectivity index (χ1) is 28.3. The highest BCUT2D eigenvalue weighted by Crippen LogP contribution is 2.33. The normalized spacial score (nSPS) is 25.9. The lowest BCUT2D eigenvalue weighted by atomic mass is 9.93. The van der Waals surface area contributed by atoms with E-state index >= 15 is 0 Å². The first kappa shape index (κ1) is 39.6. The maximum absolute atomic E-state index is 6.84. The second kappa shape index (κ2) is 17.8. The van der Waals surface area contributed by atoms with Gasteiger partial charge < -0.3 is 35.5 Å². The van der Waals surface area contributed by atoms with Crippen LogP contribution in [0.4, 0.5) is 23.8 Å². The summed E-state index contributed by atoms with van der Waals surface area (Å²) < 4.78 is 19.1. The molecule has 4 aromatic rings. The van der Waals surface area contributed by atoms with Crippen molar-refractivity contribution in [1.82, 2.24) is 45.1 Å².